The zero-order chi connectivity index (χ0) is 14.9. The predicted molar refractivity (Wildman–Crippen MR) is 88.4 cm³/mol. The second-order valence-electron chi connectivity index (χ2n) is 4.90. The van der Waals surface area contributed by atoms with Crippen molar-refractivity contribution in [1.29, 1.82) is 0 Å². The Balaban J connectivity index is 2.57. The molecule has 108 valence electrons. The van der Waals surface area contributed by atoms with E-state index in [2.05, 4.69) is 54.3 Å². The largest absolute Gasteiger partial charge is 0.496 e. The van der Waals surface area contributed by atoms with E-state index in [0.29, 0.717) is 0 Å². The van der Waals surface area contributed by atoms with Gasteiger partial charge in [-0.3, -0.25) is 5.84 Å². The third kappa shape index (κ3) is 2.91. The molecule has 0 amide bonds. The summed E-state index contributed by atoms with van der Waals surface area (Å²) in [6.07, 6.45) is 0. The monoisotopic (exact) mass is 354 g/mol. The first-order valence-electron chi connectivity index (χ1n) is 6.35. The number of halogens is 1. The fourth-order valence-corrected chi connectivity index (χ4v) is 4.05. The highest BCUT2D eigenvalue weighted by atomic mass is 79.9. The van der Waals surface area contributed by atoms with Crippen LogP contribution in [0.3, 0.4) is 0 Å². The molecule has 1 unspecified atom stereocenters. The Kier molecular flexibility index (Phi) is 4.86. The number of hydrazine groups is 1. The third-order valence-electron chi connectivity index (χ3n) is 3.33. The fourth-order valence-electron chi connectivity index (χ4n) is 2.41. The van der Waals surface area contributed by atoms with Crippen molar-refractivity contribution in [1.82, 2.24) is 5.43 Å². The lowest BCUT2D eigenvalue weighted by Crippen LogP contribution is -2.29. The van der Waals surface area contributed by atoms with Gasteiger partial charge in [-0.15, -0.1) is 11.3 Å². The molecule has 0 fully saturated rings. The number of aryl methyl sites for hydroxylation is 3. The number of nitrogens with one attached hydrogen (secondary N) is 1. The van der Waals surface area contributed by atoms with Gasteiger partial charge in [0.1, 0.15) is 5.75 Å². The average molecular weight is 355 g/mol. The van der Waals surface area contributed by atoms with Gasteiger partial charge in [-0.25, -0.2) is 5.43 Å². The standard InChI is InChI=1S/C15H19BrN2OS/c1-8-5-9(2)13(11(6-8)19-4)14(18-17)12-7-10(3)15(16)20-12/h5-7,14,18H,17H2,1-4H3. The summed E-state index contributed by atoms with van der Waals surface area (Å²) in [5.41, 5.74) is 7.58. The summed E-state index contributed by atoms with van der Waals surface area (Å²) in [4.78, 5) is 1.17. The Bertz CT molecular complexity index is 605. The summed E-state index contributed by atoms with van der Waals surface area (Å²) in [6.45, 7) is 6.23. The number of nitrogens with two attached hydrogens (primary N) is 1. The van der Waals surface area contributed by atoms with E-state index in [4.69, 9.17) is 10.6 Å². The summed E-state index contributed by atoms with van der Waals surface area (Å²) in [5, 5.41) is 0. The van der Waals surface area contributed by atoms with E-state index in [1.807, 2.05) is 6.07 Å². The highest BCUT2D eigenvalue weighted by Gasteiger charge is 2.22. The minimum absolute atomic E-state index is 0.0689. The zero-order valence-corrected chi connectivity index (χ0v) is 14.5. The van der Waals surface area contributed by atoms with Gasteiger partial charge in [0.15, 0.2) is 0 Å². The van der Waals surface area contributed by atoms with Crippen LogP contribution in [-0.4, -0.2) is 7.11 Å². The second kappa shape index (κ2) is 6.26. The lowest BCUT2D eigenvalue weighted by molar-refractivity contribution is 0.403. The van der Waals surface area contributed by atoms with Gasteiger partial charge in [0.25, 0.3) is 0 Å². The Labute approximate surface area is 132 Å². The molecule has 0 radical (unpaired) electrons. The van der Waals surface area contributed by atoms with E-state index in [1.165, 1.54) is 21.6 Å². The molecule has 1 aromatic heterocycles. The molecule has 0 aliphatic carbocycles. The van der Waals surface area contributed by atoms with Crippen LogP contribution in [0.2, 0.25) is 0 Å². The zero-order valence-electron chi connectivity index (χ0n) is 12.1. The van der Waals surface area contributed by atoms with Gasteiger partial charge in [0.05, 0.1) is 16.9 Å². The smallest absolute Gasteiger partial charge is 0.124 e. The van der Waals surface area contributed by atoms with Crippen molar-refractivity contribution in [3.8, 4) is 5.75 Å². The van der Waals surface area contributed by atoms with Gasteiger partial charge in [0, 0.05) is 10.4 Å². The van der Waals surface area contributed by atoms with Crippen LogP contribution in [0.1, 0.15) is 33.2 Å². The molecular weight excluding hydrogens is 336 g/mol. The van der Waals surface area contributed by atoms with Crippen LogP contribution in [0.25, 0.3) is 0 Å². The van der Waals surface area contributed by atoms with Crippen molar-refractivity contribution >= 4 is 27.3 Å². The summed E-state index contributed by atoms with van der Waals surface area (Å²) in [6, 6.07) is 6.28. The van der Waals surface area contributed by atoms with Crippen LogP contribution in [-0.2, 0) is 0 Å². The molecule has 1 heterocycles. The summed E-state index contributed by atoms with van der Waals surface area (Å²) in [7, 11) is 1.70. The lowest BCUT2D eigenvalue weighted by Gasteiger charge is -2.21. The normalized spacial score (nSPS) is 12.5. The molecule has 1 aromatic carbocycles. The second-order valence-corrected chi connectivity index (χ2v) is 7.30. The Morgan fingerprint density at radius 2 is 1.90 bits per heavy atom. The average Bonchev–Trinajstić information content (AvgIpc) is 2.72. The van der Waals surface area contributed by atoms with Crippen LogP contribution < -0.4 is 16.0 Å². The third-order valence-corrected chi connectivity index (χ3v) is 5.53. The SMILES string of the molecule is COc1cc(C)cc(C)c1C(NN)c1cc(C)c(Br)s1. The fraction of sp³-hybridized carbons (Fsp3) is 0.333. The van der Waals surface area contributed by atoms with Crippen molar-refractivity contribution in [3.63, 3.8) is 0 Å². The quantitative estimate of drug-likeness (QED) is 0.644. The molecule has 20 heavy (non-hydrogen) atoms. The van der Waals surface area contributed by atoms with Gasteiger partial charge in [0.2, 0.25) is 0 Å². The molecule has 0 saturated heterocycles. The first-order valence-corrected chi connectivity index (χ1v) is 7.96. The number of benzene rings is 1. The summed E-state index contributed by atoms with van der Waals surface area (Å²) >= 11 is 5.26. The number of hydrogen-bond acceptors (Lipinski definition) is 4. The van der Waals surface area contributed by atoms with E-state index in [1.54, 1.807) is 18.4 Å². The topological polar surface area (TPSA) is 47.3 Å². The van der Waals surface area contributed by atoms with Crippen LogP contribution in [0.5, 0.6) is 5.75 Å². The molecular formula is C15H19BrN2OS. The maximum Gasteiger partial charge on any atom is 0.124 e. The van der Waals surface area contributed by atoms with E-state index < -0.39 is 0 Å². The number of hydrogen-bond donors (Lipinski definition) is 2. The van der Waals surface area contributed by atoms with E-state index in [0.717, 1.165) is 15.1 Å². The van der Waals surface area contributed by atoms with Crippen molar-refractivity contribution in [2.45, 2.75) is 26.8 Å². The highest BCUT2D eigenvalue weighted by Crippen LogP contribution is 2.38. The minimum Gasteiger partial charge on any atom is -0.496 e. The maximum absolute atomic E-state index is 5.81. The maximum atomic E-state index is 5.81. The van der Waals surface area contributed by atoms with E-state index in [-0.39, 0.29) is 6.04 Å². The van der Waals surface area contributed by atoms with E-state index >= 15 is 0 Å². The van der Waals surface area contributed by atoms with Gasteiger partial charge >= 0.3 is 0 Å². The molecule has 2 aromatic rings. The minimum atomic E-state index is -0.0689. The Hall–Kier alpha value is -0.880. The molecule has 0 aliphatic heterocycles. The molecule has 2 rings (SSSR count). The van der Waals surface area contributed by atoms with Gasteiger partial charge in [-0.2, -0.15) is 0 Å². The van der Waals surface area contributed by atoms with Crippen LogP contribution in [0.15, 0.2) is 22.0 Å². The van der Waals surface area contributed by atoms with Gasteiger partial charge in [-0.1, -0.05) is 6.07 Å². The van der Waals surface area contributed by atoms with Gasteiger partial charge < -0.3 is 4.74 Å². The highest BCUT2D eigenvalue weighted by molar-refractivity contribution is 9.11. The first-order chi connectivity index (χ1) is 9.47. The predicted octanol–water partition coefficient (Wildman–Crippen LogP) is 4.00. The summed E-state index contributed by atoms with van der Waals surface area (Å²) in [5.74, 6) is 6.68. The Morgan fingerprint density at radius 3 is 2.40 bits per heavy atom. The summed E-state index contributed by atoms with van der Waals surface area (Å²) < 4.78 is 6.68. The van der Waals surface area contributed by atoms with Gasteiger partial charge in [-0.05, 0) is 65.5 Å². The van der Waals surface area contributed by atoms with Crippen molar-refractivity contribution in [2.75, 3.05) is 7.11 Å². The molecule has 1 atom stereocenters. The molecule has 0 saturated carbocycles. The molecule has 3 nitrogen and oxygen atoms in total. The molecule has 0 bridgehead atoms. The van der Waals surface area contributed by atoms with Crippen LogP contribution in [0, 0.1) is 20.8 Å². The van der Waals surface area contributed by atoms with E-state index in [9.17, 15) is 0 Å². The number of thiophene rings is 1. The molecule has 0 spiro atoms. The molecule has 0 aliphatic rings. The van der Waals surface area contributed by atoms with Crippen LogP contribution >= 0.6 is 27.3 Å². The van der Waals surface area contributed by atoms with Crippen LogP contribution in [0.4, 0.5) is 0 Å². The van der Waals surface area contributed by atoms with Crippen molar-refractivity contribution in [2.24, 2.45) is 5.84 Å². The molecule has 5 heteroatoms. The Morgan fingerprint density at radius 1 is 1.20 bits per heavy atom. The lowest BCUT2D eigenvalue weighted by atomic mass is 9.97. The number of rotatable bonds is 4. The first kappa shape index (κ1) is 15.5. The molecule has 3 N–H and O–H groups in total. The van der Waals surface area contributed by atoms with Crippen molar-refractivity contribution in [3.05, 3.63) is 49.1 Å². The van der Waals surface area contributed by atoms with Crippen molar-refractivity contribution < 1.29 is 4.74 Å². The number of methoxy groups -OCH3 is 1. The number of ether oxygens (including phenoxy) is 1.